The molecular weight excluding hydrogens is 227 g/mol. The predicted octanol–water partition coefficient (Wildman–Crippen LogP) is 2.95. The van der Waals surface area contributed by atoms with E-state index >= 15 is 0 Å². The molecule has 0 radical (unpaired) electrons. The Morgan fingerprint density at radius 2 is 1.94 bits per heavy atom. The topological polar surface area (TPSA) is 29.3 Å². The zero-order chi connectivity index (χ0) is 13.1. The van der Waals surface area contributed by atoms with Gasteiger partial charge in [-0.25, -0.2) is 4.39 Å². The molecule has 2 nitrogen and oxygen atoms in total. The molecule has 1 aromatic carbocycles. The van der Waals surface area contributed by atoms with E-state index < -0.39 is 0 Å². The summed E-state index contributed by atoms with van der Waals surface area (Å²) in [6, 6.07) is 7.01. The summed E-state index contributed by atoms with van der Waals surface area (Å²) in [5, 5.41) is 0. The van der Waals surface area contributed by atoms with Crippen molar-refractivity contribution in [1.82, 2.24) is 4.90 Å². The lowest BCUT2D eigenvalue weighted by Crippen LogP contribution is -2.40. The van der Waals surface area contributed by atoms with Gasteiger partial charge in [-0.15, -0.1) is 0 Å². The van der Waals surface area contributed by atoms with Gasteiger partial charge in [0.05, 0.1) is 0 Å². The molecule has 2 unspecified atom stereocenters. The molecule has 1 saturated carbocycles. The van der Waals surface area contributed by atoms with Crippen LogP contribution in [0.15, 0.2) is 24.3 Å². The summed E-state index contributed by atoms with van der Waals surface area (Å²) in [4.78, 5) is 2.43. The molecule has 100 valence electrons. The smallest absolute Gasteiger partial charge is 0.123 e. The third-order valence-electron chi connectivity index (χ3n) is 3.70. The first kappa shape index (κ1) is 13.5. The van der Waals surface area contributed by atoms with Gasteiger partial charge in [-0.1, -0.05) is 19.1 Å². The van der Waals surface area contributed by atoms with Crippen LogP contribution < -0.4 is 5.73 Å². The van der Waals surface area contributed by atoms with Crippen molar-refractivity contribution in [3.63, 3.8) is 0 Å². The lowest BCUT2D eigenvalue weighted by Gasteiger charge is -2.34. The van der Waals surface area contributed by atoms with Gasteiger partial charge in [0.25, 0.3) is 0 Å². The average Bonchev–Trinajstić information content (AvgIpc) is 3.14. The largest absolute Gasteiger partial charge is 0.326 e. The molecule has 3 heteroatoms. The Labute approximate surface area is 109 Å². The van der Waals surface area contributed by atoms with Crippen LogP contribution in [0.5, 0.6) is 0 Å². The second-order valence-electron chi connectivity index (χ2n) is 5.39. The van der Waals surface area contributed by atoms with Crippen molar-refractivity contribution >= 4 is 0 Å². The van der Waals surface area contributed by atoms with Crippen molar-refractivity contribution in [1.29, 1.82) is 0 Å². The molecule has 0 bridgehead atoms. The summed E-state index contributed by atoms with van der Waals surface area (Å²) in [6.45, 7) is 6.30. The van der Waals surface area contributed by atoms with Gasteiger partial charge >= 0.3 is 0 Å². The highest BCUT2D eigenvalue weighted by atomic mass is 19.1. The number of hydrogen-bond donors (Lipinski definition) is 1. The number of halogens is 1. The van der Waals surface area contributed by atoms with Crippen LogP contribution in [0.1, 0.15) is 38.3 Å². The number of hydrogen-bond acceptors (Lipinski definition) is 2. The summed E-state index contributed by atoms with van der Waals surface area (Å²) in [5.41, 5.74) is 7.26. The number of benzene rings is 1. The van der Waals surface area contributed by atoms with E-state index in [-0.39, 0.29) is 17.9 Å². The minimum absolute atomic E-state index is 0.0501. The number of likely N-dealkylation sites (N-methyl/N-ethyl adjacent to an activating group) is 1. The van der Waals surface area contributed by atoms with Crippen LogP contribution in [-0.4, -0.2) is 24.0 Å². The minimum atomic E-state index is -0.188. The second kappa shape index (κ2) is 5.81. The van der Waals surface area contributed by atoms with E-state index in [9.17, 15) is 4.39 Å². The molecule has 1 aromatic rings. The van der Waals surface area contributed by atoms with Crippen molar-refractivity contribution in [2.75, 3.05) is 13.1 Å². The Morgan fingerprint density at radius 3 is 2.39 bits per heavy atom. The van der Waals surface area contributed by atoms with Crippen LogP contribution in [-0.2, 0) is 0 Å². The zero-order valence-corrected chi connectivity index (χ0v) is 11.3. The van der Waals surface area contributed by atoms with E-state index in [2.05, 4.69) is 11.8 Å². The first-order valence-electron chi connectivity index (χ1n) is 6.87. The Balaban J connectivity index is 2.16. The molecule has 18 heavy (non-hydrogen) atoms. The summed E-state index contributed by atoms with van der Waals surface area (Å²) >= 11 is 0. The zero-order valence-electron chi connectivity index (χ0n) is 11.3. The Kier molecular flexibility index (Phi) is 4.36. The molecule has 0 aromatic heterocycles. The van der Waals surface area contributed by atoms with Gasteiger partial charge < -0.3 is 5.73 Å². The van der Waals surface area contributed by atoms with E-state index in [1.807, 2.05) is 19.1 Å². The Morgan fingerprint density at radius 1 is 1.33 bits per heavy atom. The number of nitrogens with zero attached hydrogens (tertiary/aromatic N) is 1. The molecule has 2 rings (SSSR count). The first-order valence-corrected chi connectivity index (χ1v) is 6.87. The summed E-state index contributed by atoms with van der Waals surface area (Å²) in [5.74, 6) is 0.652. The standard InChI is InChI=1S/C15H23FN2/c1-3-18(10-12-4-5-12)15(11(2)17)13-6-8-14(16)9-7-13/h6-9,11-12,15H,3-5,10,17H2,1-2H3. The van der Waals surface area contributed by atoms with Crippen LogP contribution in [0.3, 0.4) is 0 Å². The number of nitrogens with two attached hydrogens (primary N) is 1. The molecule has 0 saturated heterocycles. The molecule has 0 heterocycles. The monoisotopic (exact) mass is 250 g/mol. The normalized spacial score (nSPS) is 18.9. The molecule has 0 spiro atoms. The lowest BCUT2D eigenvalue weighted by atomic mass is 9.98. The van der Waals surface area contributed by atoms with Crippen LogP contribution in [0.4, 0.5) is 4.39 Å². The van der Waals surface area contributed by atoms with Gasteiger partial charge in [-0.3, -0.25) is 4.90 Å². The van der Waals surface area contributed by atoms with E-state index in [1.54, 1.807) is 0 Å². The van der Waals surface area contributed by atoms with Gasteiger partial charge in [0.15, 0.2) is 0 Å². The molecule has 2 N–H and O–H groups in total. The molecule has 1 fully saturated rings. The highest BCUT2D eigenvalue weighted by Gasteiger charge is 2.29. The fourth-order valence-electron chi connectivity index (χ4n) is 2.58. The van der Waals surface area contributed by atoms with Crippen molar-refractivity contribution in [3.05, 3.63) is 35.6 Å². The first-order chi connectivity index (χ1) is 8.61. The molecule has 1 aliphatic rings. The van der Waals surface area contributed by atoms with Crippen LogP contribution in [0.25, 0.3) is 0 Å². The van der Waals surface area contributed by atoms with Crippen LogP contribution in [0.2, 0.25) is 0 Å². The molecule has 0 aliphatic heterocycles. The number of rotatable bonds is 6. The third-order valence-corrected chi connectivity index (χ3v) is 3.70. The Bertz CT molecular complexity index is 371. The average molecular weight is 250 g/mol. The maximum atomic E-state index is 13.0. The van der Waals surface area contributed by atoms with Gasteiger partial charge in [0.1, 0.15) is 5.82 Å². The summed E-state index contributed by atoms with van der Waals surface area (Å²) < 4.78 is 13.0. The van der Waals surface area contributed by atoms with E-state index in [4.69, 9.17) is 5.73 Å². The molecule has 2 atom stereocenters. The summed E-state index contributed by atoms with van der Waals surface area (Å²) in [6.07, 6.45) is 2.68. The maximum Gasteiger partial charge on any atom is 0.123 e. The molecular formula is C15H23FN2. The van der Waals surface area contributed by atoms with Crippen LogP contribution in [0, 0.1) is 11.7 Å². The molecule has 1 aliphatic carbocycles. The van der Waals surface area contributed by atoms with Crippen LogP contribution >= 0.6 is 0 Å². The van der Waals surface area contributed by atoms with E-state index in [0.29, 0.717) is 0 Å². The van der Waals surface area contributed by atoms with Crippen molar-refractivity contribution in [2.45, 2.75) is 38.8 Å². The fraction of sp³-hybridized carbons (Fsp3) is 0.600. The highest BCUT2D eigenvalue weighted by molar-refractivity contribution is 5.21. The quantitative estimate of drug-likeness (QED) is 0.841. The highest BCUT2D eigenvalue weighted by Crippen LogP contribution is 2.33. The summed E-state index contributed by atoms with van der Waals surface area (Å²) in [7, 11) is 0. The fourth-order valence-corrected chi connectivity index (χ4v) is 2.58. The second-order valence-corrected chi connectivity index (χ2v) is 5.39. The Hall–Kier alpha value is -0.930. The van der Waals surface area contributed by atoms with Crippen molar-refractivity contribution in [2.24, 2.45) is 11.7 Å². The van der Waals surface area contributed by atoms with Gasteiger partial charge in [-0.2, -0.15) is 0 Å². The SMILES string of the molecule is CCN(CC1CC1)C(c1ccc(F)cc1)C(C)N. The van der Waals surface area contributed by atoms with Gasteiger partial charge in [-0.05, 0) is 49.9 Å². The van der Waals surface area contributed by atoms with E-state index in [1.165, 1.54) is 25.0 Å². The van der Waals surface area contributed by atoms with Crippen molar-refractivity contribution in [3.8, 4) is 0 Å². The van der Waals surface area contributed by atoms with Gasteiger partial charge in [0.2, 0.25) is 0 Å². The van der Waals surface area contributed by atoms with E-state index in [0.717, 1.165) is 24.6 Å². The third kappa shape index (κ3) is 3.30. The molecule has 0 amide bonds. The van der Waals surface area contributed by atoms with Crippen molar-refractivity contribution < 1.29 is 4.39 Å². The maximum absolute atomic E-state index is 13.0. The van der Waals surface area contributed by atoms with Gasteiger partial charge in [0, 0.05) is 18.6 Å². The minimum Gasteiger partial charge on any atom is -0.326 e. The predicted molar refractivity (Wildman–Crippen MR) is 72.8 cm³/mol. The lowest BCUT2D eigenvalue weighted by molar-refractivity contribution is 0.178.